The Balaban J connectivity index is 0.00000180. The predicted molar refractivity (Wildman–Crippen MR) is 91.3 cm³/mol. The van der Waals surface area contributed by atoms with Crippen LogP contribution >= 0.6 is 24.0 Å². The lowest BCUT2D eigenvalue weighted by atomic mass is 10.00. The monoisotopic (exact) mass is 374 g/mol. The fraction of sp³-hybridized carbons (Fsp3) is 0.500. The van der Waals surface area contributed by atoms with Gasteiger partial charge in [-0.1, -0.05) is 24.3 Å². The lowest BCUT2D eigenvalue weighted by molar-refractivity contribution is 0.258. The first-order valence-electron chi connectivity index (χ1n) is 6.51. The summed E-state index contributed by atoms with van der Waals surface area (Å²) in [5.74, 6) is 0.854. The molecule has 5 heteroatoms. The third-order valence-electron chi connectivity index (χ3n) is 3.39. The van der Waals surface area contributed by atoms with Crippen LogP contribution in [-0.4, -0.2) is 44.6 Å². The van der Waals surface area contributed by atoms with Crippen LogP contribution in [0.1, 0.15) is 11.1 Å². The highest BCUT2D eigenvalue weighted by atomic mass is 127. The minimum absolute atomic E-state index is 0. The van der Waals surface area contributed by atoms with Gasteiger partial charge in [0.15, 0.2) is 5.96 Å². The molecule has 2 rings (SSSR count). The van der Waals surface area contributed by atoms with Crippen LogP contribution in [0.3, 0.4) is 0 Å². The summed E-state index contributed by atoms with van der Waals surface area (Å²) >= 11 is 0. The van der Waals surface area contributed by atoms with E-state index in [2.05, 4.69) is 44.8 Å². The van der Waals surface area contributed by atoms with E-state index in [1.807, 2.05) is 7.05 Å². The summed E-state index contributed by atoms with van der Waals surface area (Å²) in [6, 6.07) is 8.74. The molecule has 4 nitrogen and oxygen atoms in total. The van der Waals surface area contributed by atoms with Gasteiger partial charge in [0, 0.05) is 40.3 Å². The van der Waals surface area contributed by atoms with Crippen molar-refractivity contribution in [3.8, 4) is 0 Å². The van der Waals surface area contributed by atoms with Gasteiger partial charge in [-0.15, -0.1) is 24.0 Å². The van der Waals surface area contributed by atoms with Crippen LogP contribution in [0.5, 0.6) is 0 Å². The summed E-state index contributed by atoms with van der Waals surface area (Å²) in [7, 11) is 3.67. The molecule has 106 valence electrons. The second-order valence-corrected chi connectivity index (χ2v) is 4.54. The molecular formula is C14H23IN4. The Kier molecular flexibility index (Phi) is 7.15. The molecule has 1 aliphatic heterocycles. The van der Waals surface area contributed by atoms with E-state index < -0.39 is 0 Å². The number of aliphatic imine (C=N–C) groups is 1. The molecule has 0 bridgehead atoms. The van der Waals surface area contributed by atoms with E-state index in [4.69, 9.17) is 0 Å². The second kappa shape index (κ2) is 8.37. The fourth-order valence-corrected chi connectivity index (χ4v) is 2.36. The highest BCUT2D eigenvalue weighted by Gasteiger charge is 2.14. The van der Waals surface area contributed by atoms with Gasteiger partial charge < -0.3 is 10.6 Å². The summed E-state index contributed by atoms with van der Waals surface area (Å²) in [5, 5.41) is 6.31. The molecule has 0 amide bonds. The maximum Gasteiger partial charge on any atom is 0.190 e. The topological polar surface area (TPSA) is 39.7 Å². The van der Waals surface area contributed by atoms with Gasteiger partial charge in [-0.2, -0.15) is 0 Å². The van der Waals surface area contributed by atoms with E-state index in [0.717, 1.165) is 38.6 Å². The number of hydrogen-bond acceptors (Lipinski definition) is 2. The molecule has 1 aromatic carbocycles. The van der Waals surface area contributed by atoms with Gasteiger partial charge in [0.2, 0.25) is 0 Å². The molecule has 1 aliphatic rings. The minimum atomic E-state index is 0. The number of nitrogens with one attached hydrogen (secondary N) is 2. The van der Waals surface area contributed by atoms with Gasteiger partial charge in [0.25, 0.3) is 0 Å². The number of fused-ring (bicyclic) bond motifs is 1. The summed E-state index contributed by atoms with van der Waals surface area (Å²) in [5.41, 5.74) is 2.98. The number of benzene rings is 1. The normalized spacial score (nSPS) is 15.4. The Morgan fingerprint density at radius 2 is 2.05 bits per heavy atom. The number of nitrogens with zero attached hydrogens (tertiary/aromatic N) is 2. The predicted octanol–water partition coefficient (Wildman–Crippen LogP) is 1.46. The van der Waals surface area contributed by atoms with Crippen LogP contribution in [0.2, 0.25) is 0 Å². The molecular weight excluding hydrogens is 351 g/mol. The van der Waals surface area contributed by atoms with Gasteiger partial charge >= 0.3 is 0 Å². The first kappa shape index (κ1) is 16.2. The lowest BCUT2D eigenvalue weighted by Gasteiger charge is -2.28. The molecule has 0 aliphatic carbocycles. The van der Waals surface area contributed by atoms with Crippen molar-refractivity contribution in [2.45, 2.75) is 13.0 Å². The maximum absolute atomic E-state index is 4.10. The molecule has 19 heavy (non-hydrogen) atoms. The van der Waals surface area contributed by atoms with Crippen LogP contribution in [0.4, 0.5) is 0 Å². The summed E-state index contributed by atoms with van der Waals surface area (Å²) in [6.07, 6.45) is 1.16. The Labute approximate surface area is 132 Å². The van der Waals surface area contributed by atoms with Crippen molar-refractivity contribution < 1.29 is 0 Å². The summed E-state index contributed by atoms with van der Waals surface area (Å²) < 4.78 is 0. The van der Waals surface area contributed by atoms with Crippen molar-refractivity contribution in [1.29, 1.82) is 0 Å². The maximum atomic E-state index is 4.10. The van der Waals surface area contributed by atoms with Crippen molar-refractivity contribution in [2.75, 3.05) is 33.7 Å². The smallest absolute Gasteiger partial charge is 0.190 e. The fourth-order valence-electron chi connectivity index (χ4n) is 2.36. The largest absolute Gasteiger partial charge is 0.359 e. The zero-order valence-corrected chi connectivity index (χ0v) is 14.0. The van der Waals surface area contributed by atoms with Crippen molar-refractivity contribution in [3.05, 3.63) is 35.4 Å². The van der Waals surface area contributed by atoms with Crippen molar-refractivity contribution >= 4 is 29.9 Å². The molecule has 1 heterocycles. The molecule has 0 atom stereocenters. The third kappa shape index (κ3) is 4.65. The van der Waals surface area contributed by atoms with Crippen molar-refractivity contribution in [3.63, 3.8) is 0 Å². The minimum Gasteiger partial charge on any atom is -0.359 e. The molecule has 2 N–H and O–H groups in total. The van der Waals surface area contributed by atoms with Gasteiger partial charge in [0.05, 0.1) is 0 Å². The average molecular weight is 374 g/mol. The van der Waals surface area contributed by atoms with E-state index in [9.17, 15) is 0 Å². The molecule has 0 saturated heterocycles. The highest BCUT2D eigenvalue weighted by molar-refractivity contribution is 14.0. The van der Waals surface area contributed by atoms with E-state index >= 15 is 0 Å². The second-order valence-electron chi connectivity index (χ2n) is 4.54. The van der Waals surface area contributed by atoms with Crippen molar-refractivity contribution in [2.24, 2.45) is 4.99 Å². The van der Waals surface area contributed by atoms with E-state index in [1.54, 1.807) is 7.05 Å². The van der Waals surface area contributed by atoms with Gasteiger partial charge in [-0.05, 0) is 17.5 Å². The average Bonchev–Trinajstić information content (AvgIpc) is 2.43. The Hall–Kier alpha value is -0.820. The van der Waals surface area contributed by atoms with Crippen molar-refractivity contribution in [1.82, 2.24) is 15.5 Å². The van der Waals surface area contributed by atoms with E-state index in [0.29, 0.717) is 0 Å². The zero-order chi connectivity index (χ0) is 12.8. The van der Waals surface area contributed by atoms with Gasteiger partial charge in [-0.25, -0.2) is 0 Å². The zero-order valence-electron chi connectivity index (χ0n) is 11.6. The van der Waals surface area contributed by atoms with Crippen LogP contribution in [0.25, 0.3) is 0 Å². The Morgan fingerprint density at radius 3 is 2.74 bits per heavy atom. The number of rotatable bonds is 3. The molecule has 1 aromatic rings. The van der Waals surface area contributed by atoms with Crippen LogP contribution in [0.15, 0.2) is 29.3 Å². The molecule has 0 saturated carbocycles. The summed E-state index contributed by atoms with van der Waals surface area (Å²) in [6.45, 7) is 4.19. The van der Waals surface area contributed by atoms with Gasteiger partial charge in [0.1, 0.15) is 0 Å². The first-order chi connectivity index (χ1) is 8.83. The Bertz CT molecular complexity index is 420. The molecule has 0 aromatic heterocycles. The van der Waals surface area contributed by atoms with E-state index in [-0.39, 0.29) is 24.0 Å². The lowest BCUT2D eigenvalue weighted by Crippen LogP contribution is -2.41. The molecule has 0 spiro atoms. The quantitative estimate of drug-likeness (QED) is 0.478. The number of hydrogen-bond donors (Lipinski definition) is 2. The molecule has 0 unspecified atom stereocenters. The SMILES string of the molecule is CN=C(NC)NCCN1CCc2ccccc2C1.I. The number of guanidine groups is 1. The van der Waals surface area contributed by atoms with Crippen LogP contribution in [-0.2, 0) is 13.0 Å². The third-order valence-corrected chi connectivity index (χ3v) is 3.39. The first-order valence-corrected chi connectivity index (χ1v) is 6.51. The Morgan fingerprint density at radius 1 is 1.32 bits per heavy atom. The highest BCUT2D eigenvalue weighted by Crippen LogP contribution is 2.17. The van der Waals surface area contributed by atoms with Gasteiger partial charge in [-0.3, -0.25) is 9.89 Å². The van der Waals surface area contributed by atoms with Crippen LogP contribution in [0, 0.1) is 0 Å². The molecule has 0 radical (unpaired) electrons. The summed E-state index contributed by atoms with van der Waals surface area (Å²) in [4.78, 5) is 6.59. The standard InChI is InChI=1S/C14H22N4.HI/c1-15-14(16-2)17-8-10-18-9-7-12-5-3-4-6-13(12)11-18;/h3-6H,7-11H2,1-2H3,(H2,15,16,17);1H. The number of halogens is 1. The van der Waals surface area contributed by atoms with Crippen LogP contribution < -0.4 is 10.6 Å². The van der Waals surface area contributed by atoms with E-state index in [1.165, 1.54) is 11.1 Å². The molecule has 0 fully saturated rings.